The van der Waals surface area contributed by atoms with Crippen molar-refractivity contribution in [2.24, 2.45) is 0 Å². The number of carbonyl (C=O) groups excluding carboxylic acids is 1. The summed E-state index contributed by atoms with van der Waals surface area (Å²) >= 11 is 0. The highest BCUT2D eigenvalue weighted by atomic mass is 16.1. The number of rotatable bonds is 4. The summed E-state index contributed by atoms with van der Waals surface area (Å²) in [6.45, 7) is 12.0. The van der Waals surface area contributed by atoms with Gasteiger partial charge in [-0.3, -0.25) is 9.69 Å². The van der Waals surface area contributed by atoms with Crippen molar-refractivity contribution in [2.45, 2.75) is 47.0 Å². The van der Waals surface area contributed by atoms with Crippen molar-refractivity contribution in [3.05, 3.63) is 59.4 Å². The van der Waals surface area contributed by atoms with Crippen molar-refractivity contribution in [3.8, 4) is 11.1 Å². The van der Waals surface area contributed by atoms with Gasteiger partial charge in [-0.15, -0.1) is 0 Å². The van der Waals surface area contributed by atoms with E-state index in [4.69, 9.17) is 0 Å². The lowest BCUT2D eigenvalue weighted by atomic mass is 9.84. The lowest BCUT2D eigenvalue weighted by molar-refractivity contribution is -0.106. The molecule has 144 valence electrons. The first-order valence-electron chi connectivity index (χ1n) is 9.19. The van der Waals surface area contributed by atoms with Crippen LogP contribution >= 0.6 is 0 Å². The molecule has 3 aromatic rings. The molecule has 0 fully saturated rings. The summed E-state index contributed by atoms with van der Waals surface area (Å²) in [5.41, 5.74) is 5.06. The van der Waals surface area contributed by atoms with Crippen LogP contribution in [-0.2, 0) is 10.2 Å². The van der Waals surface area contributed by atoms with Crippen LogP contribution in [0.4, 0.5) is 11.6 Å². The van der Waals surface area contributed by atoms with Crippen LogP contribution in [0.15, 0.2) is 36.7 Å². The molecule has 0 radical (unpaired) electrons. The van der Waals surface area contributed by atoms with Crippen LogP contribution in [0.5, 0.6) is 0 Å². The minimum Gasteiger partial charge on any atom is -0.278 e. The van der Waals surface area contributed by atoms with Crippen LogP contribution < -0.4 is 4.90 Å². The summed E-state index contributed by atoms with van der Waals surface area (Å²) in [5.74, 6) is 1.09. The standard InChI is InChI=1S/C22H25N5O/c1-14-9-15(2)26-21(25-14)27(13-28)20-10-17(7-8-19(20)22(4,5)6)18-11-23-16(3)24-12-18/h7-13H,1-6H3. The van der Waals surface area contributed by atoms with E-state index >= 15 is 0 Å². The van der Waals surface area contributed by atoms with E-state index in [2.05, 4.69) is 40.7 Å². The van der Waals surface area contributed by atoms with Gasteiger partial charge in [-0.25, -0.2) is 19.9 Å². The van der Waals surface area contributed by atoms with Gasteiger partial charge >= 0.3 is 0 Å². The number of nitrogens with zero attached hydrogens (tertiary/aromatic N) is 5. The maximum atomic E-state index is 12.1. The van der Waals surface area contributed by atoms with E-state index < -0.39 is 0 Å². The second-order valence-corrected chi connectivity index (χ2v) is 7.93. The summed E-state index contributed by atoms with van der Waals surface area (Å²) in [6, 6.07) is 7.94. The van der Waals surface area contributed by atoms with Crippen LogP contribution in [0, 0.1) is 20.8 Å². The highest BCUT2D eigenvalue weighted by molar-refractivity contribution is 5.87. The number of aryl methyl sites for hydroxylation is 3. The molecule has 0 unspecified atom stereocenters. The summed E-state index contributed by atoms with van der Waals surface area (Å²) < 4.78 is 0. The van der Waals surface area contributed by atoms with Crippen molar-refractivity contribution >= 4 is 18.0 Å². The molecule has 0 aliphatic rings. The molecule has 0 aliphatic carbocycles. The molecular weight excluding hydrogens is 350 g/mol. The topological polar surface area (TPSA) is 71.9 Å². The molecule has 0 saturated heterocycles. The third-order valence-electron chi connectivity index (χ3n) is 4.47. The first-order chi connectivity index (χ1) is 13.2. The van der Waals surface area contributed by atoms with Crippen LogP contribution in [0.1, 0.15) is 43.5 Å². The van der Waals surface area contributed by atoms with Gasteiger partial charge in [0.05, 0.1) is 5.69 Å². The van der Waals surface area contributed by atoms with Gasteiger partial charge in [0.25, 0.3) is 0 Å². The van der Waals surface area contributed by atoms with Gasteiger partial charge < -0.3 is 0 Å². The molecule has 0 aliphatic heterocycles. The minimum atomic E-state index is -0.169. The van der Waals surface area contributed by atoms with Gasteiger partial charge in [-0.05, 0) is 49.4 Å². The summed E-state index contributed by atoms with van der Waals surface area (Å²) in [6.07, 6.45) is 4.35. The monoisotopic (exact) mass is 375 g/mol. The van der Waals surface area contributed by atoms with E-state index in [1.165, 1.54) is 4.90 Å². The Bertz CT molecular complexity index is 986. The second kappa shape index (κ2) is 7.46. The molecule has 6 nitrogen and oxygen atoms in total. The summed E-state index contributed by atoms with van der Waals surface area (Å²) in [7, 11) is 0. The number of carbonyl (C=O) groups is 1. The Morgan fingerprint density at radius 1 is 0.893 bits per heavy atom. The molecule has 2 heterocycles. The molecule has 0 bridgehead atoms. The zero-order chi connectivity index (χ0) is 20.5. The molecule has 0 atom stereocenters. The van der Waals surface area contributed by atoms with E-state index in [-0.39, 0.29) is 5.41 Å². The third kappa shape index (κ3) is 4.06. The smallest absolute Gasteiger partial charge is 0.237 e. The Hall–Kier alpha value is -3.15. The number of amides is 1. The number of anilines is 2. The quantitative estimate of drug-likeness (QED) is 0.630. The number of aromatic nitrogens is 4. The Balaban J connectivity index is 2.21. The normalized spacial score (nSPS) is 11.4. The fourth-order valence-electron chi connectivity index (χ4n) is 3.11. The maximum absolute atomic E-state index is 12.1. The lowest BCUT2D eigenvalue weighted by Crippen LogP contribution is -2.23. The summed E-state index contributed by atoms with van der Waals surface area (Å²) in [5, 5.41) is 0. The molecular formula is C22H25N5O. The van der Waals surface area contributed by atoms with Gasteiger partial charge in [-0.2, -0.15) is 0 Å². The van der Waals surface area contributed by atoms with Crippen LogP contribution in [0.2, 0.25) is 0 Å². The van der Waals surface area contributed by atoms with Crippen molar-refractivity contribution in [3.63, 3.8) is 0 Å². The minimum absolute atomic E-state index is 0.169. The van der Waals surface area contributed by atoms with Gasteiger partial charge in [0.2, 0.25) is 12.4 Å². The fraction of sp³-hybridized carbons (Fsp3) is 0.318. The van der Waals surface area contributed by atoms with Gasteiger partial charge in [-0.1, -0.05) is 32.9 Å². The Labute approximate surface area is 165 Å². The largest absolute Gasteiger partial charge is 0.278 e. The van der Waals surface area contributed by atoms with Crippen LogP contribution in [0.3, 0.4) is 0 Å². The second-order valence-electron chi connectivity index (χ2n) is 7.93. The predicted octanol–water partition coefficient (Wildman–Crippen LogP) is 4.45. The van der Waals surface area contributed by atoms with E-state index in [0.717, 1.165) is 40.2 Å². The highest BCUT2D eigenvalue weighted by Gasteiger charge is 2.24. The van der Waals surface area contributed by atoms with Crippen molar-refractivity contribution in [1.82, 2.24) is 19.9 Å². The fourth-order valence-corrected chi connectivity index (χ4v) is 3.11. The highest BCUT2D eigenvalue weighted by Crippen LogP contribution is 2.37. The van der Waals surface area contributed by atoms with Crippen molar-refractivity contribution < 1.29 is 4.79 Å². The van der Waals surface area contributed by atoms with E-state index in [1.807, 2.05) is 45.0 Å². The number of hydrogen-bond acceptors (Lipinski definition) is 5. The zero-order valence-corrected chi connectivity index (χ0v) is 17.2. The van der Waals surface area contributed by atoms with Crippen LogP contribution in [-0.4, -0.2) is 26.3 Å². The lowest BCUT2D eigenvalue weighted by Gasteiger charge is -2.27. The molecule has 0 spiro atoms. The van der Waals surface area contributed by atoms with Crippen molar-refractivity contribution in [2.75, 3.05) is 4.90 Å². The molecule has 1 amide bonds. The third-order valence-corrected chi connectivity index (χ3v) is 4.47. The first kappa shape index (κ1) is 19.6. The van der Waals surface area contributed by atoms with Crippen LogP contribution in [0.25, 0.3) is 11.1 Å². The number of hydrogen-bond donors (Lipinski definition) is 0. The van der Waals surface area contributed by atoms with Crippen molar-refractivity contribution in [1.29, 1.82) is 0 Å². The average molecular weight is 375 g/mol. The first-order valence-corrected chi connectivity index (χ1v) is 9.19. The molecule has 6 heteroatoms. The van der Waals surface area contributed by atoms with E-state index in [0.29, 0.717) is 11.8 Å². The van der Waals surface area contributed by atoms with Gasteiger partial charge in [0, 0.05) is 29.3 Å². The molecule has 1 aromatic carbocycles. The molecule has 2 aromatic heterocycles. The Morgan fingerprint density at radius 2 is 1.50 bits per heavy atom. The molecule has 28 heavy (non-hydrogen) atoms. The maximum Gasteiger partial charge on any atom is 0.237 e. The SMILES string of the molecule is Cc1cc(C)nc(N(C=O)c2cc(-c3cnc(C)nc3)ccc2C(C)(C)C)n1. The van der Waals surface area contributed by atoms with Gasteiger partial charge in [0.1, 0.15) is 5.82 Å². The summed E-state index contributed by atoms with van der Waals surface area (Å²) in [4.78, 5) is 31.2. The van der Waals surface area contributed by atoms with E-state index in [9.17, 15) is 4.79 Å². The molecule has 0 N–H and O–H groups in total. The average Bonchev–Trinajstić information content (AvgIpc) is 2.61. The van der Waals surface area contributed by atoms with E-state index in [1.54, 1.807) is 12.4 Å². The molecule has 3 rings (SSSR count). The Kier molecular flexibility index (Phi) is 5.23. The predicted molar refractivity (Wildman–Crippen MR) is 111 cm³/mol. The zero-order valence-electron chi connectivity index (χ0n) is 17.2. The molecule has 0 saturated carbocycles. The Morgan fingerprint density at radius 3 is 2.04 bits per heavy atom. The number of benzene rings is 1. The van der Waals surface area contributed by atoms with Gasteiger partial charge in [0.15, 0.2) is 0 Å².